The van der Waals surface area contributed by atoms with Gasteiger partial charge >= 0.3 is 0 Å². The Morgan fingerprint density at radius 2 is 1.48 bits per heavy atom. The molecule has 4 aromatic rings. The summed E-state index contributed by atoms with van der Waals surface area (Å²) in [6.45, 7) is 0. The van der Waals surface area contributed by atoms with E-state index in [1.165, 1.54) is 0 Å². The smallest absolute Gasteiger partial charge is 0.119 e. The number of fused-ring (bicyclic) bond motifs is 1. The minimum atomic E-state index is 0.840. The highest BCUT2D eigenvalue weighted by Gasteiger charge is 2.14. The fourth-order valence-electron chi connectivity index (χ4n) is 2.82. The molecular weight excluding hydrogens is 284 g/mol. The van der Waals surface area contributed by atoms with Crippen molar-refractivity contribution in [2.45, 2.75) is 0 Å². The van der Waals surface area contributed by atoms with E-state index in [0.717, 1.165) is 33.6 Å². The minimum absolute atomic E-state index is 0.840. The van der Waals surface area contributed by atoms with E-state index in [1.807, 2.05) is 47.1 Å². The Kier molecular flexibility index (Phi) is 3.31. The van der Waals surface area contributed by atoms with Gasteiger partial charge < -0.3 is 4.74 Å². The van der Waals surface area contributed by atoms with Crippen molar-refractivity contribution in [2.75, 3.05) is 7.11 Å². The minimum Gasteiger partial charge on any atom is -0.497 e. The summed E-state index contributed by atoms with van der Waals surface area (Å²) in [5.74, 6) is 0.840. The molecule has 0 spiro atoms. The number of ether oxygens (including phenoxy) is 1. The number of hydrogen-bond acceptors (Lipinski definition) is 2. The predicted molar refractivity (Wildman–Crippen MR) is 93.1 cm³/mol. The first-order valence-electron chi connectivity index (χ1n) is 7.54. The van der Waals surface area contributed by atoms with Crippen molar-refractivity contribution in [1.82, 2.24) is 9.78 Å². The lowest BCUT2D eigenvalue weighted by Gasteiger charge is -2.09. The second kappa shape index (κ2) is 5.61. The maximum Gasteiger partial charge on any atom is 0.119 e. The van der Waals surface area contributed by atoms with E-state index < -0.39 is 0 Å². The molecule has 0 unspecified atom stereocenters. The topological polar surface area (TPSA) is 27.1 Å². The standard InChI is InChI=1S/C20H16N2O/c1-23-17-13-11-16(12-14-17)22-20(15-7-3-2-4-8-15)18-9-5-6-10-19(18)21-22/h2-14H,1H3. The largest absolute Gasteiger partial charge is 0.497 e. The SMILES string of the molecule is COc1ccc(-n2nc3ccccc3c2-c2ccccc2)cc1. The van der Waals surface area contributed by atoms with E-state index in [-0.39, 0.29) is 0 Å². The van der Waals surface area contributed by atoms with Crippen molar-refractivity contribution in [1.29, 1.82) is 0 Å². The molecule has 0 fully saturated rings. The fraction of sp³-hybridized carbons (Fsp3) is 0.0500. The quantitative estimate of drug-likeness (QED) is 0.548. The predicted octanol–water partition coefficient (Wildman–Crippen LogP) is 4.70. The number of rotatable bonds is 3. The van der Waals surface area contributed by atoms with E-state index in [0.29, 0.717) is 0 Å². The van der Waals surface area contributed by atoms with Crippen LogP contribution in [0, 0.1) is 0 Å². The van der Waals surface area contributed by atoms with Crippen LogP contribution in [0.3, 0.4) is 0 Å². The highest BCUT2D eigenvalue weighted by atomic mass is 16.5. The number of aromatic nitrogens is 2. The third-order valence-corrected chi connectivity index (χ3v) is 3.94. The summed E-state index contributed by atoms with van der Waals surface area (Å²) in [4.78, 5) is 0. The van der Waals surface area contributed by atoms with E-state index in [9.17, 15) is 0 Å². The van der Waals surface area contributed by atoms with Crippen molar-refractivity contribution in [3.63, 3.8) is 0 Å². The lowest BCUT2D eigenvalue weighted by Crippen LogP contribution is -1.99. The third kappa shape index (κ3) is 2.36. The van der Waals surface area contributed by atoms with Crippen molar-refractivity contribution < 1.29 is 4.74 Å². The first-order chi connectivity index (χ1) is 11.4. The number of methoxy groups -OCH3 is 1. The summed E-state index contributed by atoms with van der Waals surface area (Å²) in [5, 5.41) is 5.94. The first-order valence-corrected chi connectivity index (χ1v) is 7.54. The zero-order valence-corrected chi connectivity index (χ0v) is 12.8. The van der Waals surface area contributed by atoms with Gasteiger partial charge in [-0.05, 0) is 30.3 Å². The molecule has 0 saturated heterocycles. The van der Waals surface area contributed by atoms with Gasteiger partial charge in [0.2, 0.25) is 0 Å². The van der Waals surface area contributed by atoms with Crippen LogP contribution < -0.4 is 4.74 Å². The molecule has 0 aliphatic heterocycles. The summed E-state index contributed by atoms with van der Waals surface area (Å²) >= 11 is 0. The second-order valence-corrected chi connectivity index (χ2v) is 5.34. The van der Waals surface area contributed by atoms with Crippen LogP contribution in [0.1, 0.15) is 0 Å². The Morgan fingerprint density at radius 3 is 2.22 bits per heavy atom. The molecule has 0 radical (unpaired) electrons. The molecule has 0 amide bonds. The normalized spacial score (nSPS) is 10.8. The molecule has 0 atom stereocenters. The molecule has 0 aliphatic rings. The van der Waals surface area contributed by atoms with Gasteiger partial charge in [-0.25, -0.2) is 4.68 Å². The monoisotopic (exact) mass is 300 g/mol. The average Bonchev–Trinajstić information content (AvgIpc) is 3.02. The van der Waals surface area contributed by atoms with Crippen LogP contribution in [0.25, 0.3) is 27.8 Å². The van der Waals surface area contributed by atoms with Gasteiger partial charge in [-0.3, -0.25) is 0 Å². The van der Waals surface area contributed by atoms with E-state index in [4.69, 9.17) is 9.84 Å². The molecule has 4 rings (SSSR count). The zero-order chi connectivity index (χ0) is 15.6. The molecule has 0 aliphatic carbocycles. The van der Waals surface area contributed by atoms with E-state index in [1.54, 1.807) is 7.11 Å². The van der Waals surface area contributed by atoms with Gasteiger partial charge in [-0.2, -0.15) is 5.10 Å². The number of benzene rings is 3. The van der Waals surface area contributed by atoms with Crippen LogP contribution in [0.5, 0.6) is 5.75 Å². The van der Waals surface area contributed by atoms with Crippen molar-refractivity contribution in [3.8, 4) is 22.7 Å². The summed E-state index contributed by atoms with van der Waals surface area (Å²) in [7, 11) is 1.67. The number of nitrogens with zero attached hydrogens (tertiary/aromatic N) is 2. The average molecular weight is 300 g/mol. The maximum atomic E-state index is 5.25. The highest BCUT2D eigenvalue weighted by Crippen LogP contribution is 2.31. The number of hydrogen-bond donors (Lipinski definition) is 0. The maximum absolute atomic E-state index is 5.25. The molecule has 0 saturated carbocycles. The van der Waals surface area contributed by atoms with Crippen molar-refractivity contribution >= 4 is 10.9 Å². The van der Waals surface area contributed by atoms with Gasteiger partial charge in [0.05, 0.1) is 24.0 Å². The van der Waals surface area contributed by atoms with Gasteiger partial charge in [0.1, 0.15) is 5.75 Å². The summed E-state index contributed by atoms with van der Waals surface area (Å²) < 4.78 is 7.25. The Balaban J connectivity index is 1.98. The van der Waals surface area contributed by atoms with Crippen molar-refractivity contribution in [3.05, 3.63) is 78.9 Å². The van der Waals surface area contributed by atoms with E-state index in [2.05, 4.69) is 36.4 Å². The Morgan fingerprint density at radius 1 is 0.783 bits per heavy atom. The Hall–Kier alpha value is -3.07. The van der Waals surface area contributed by atoms with Gasteiger partial charge in [0, 0.05) is 10.9 Å². The summed E-state index contributed by atoms with van der Waals surface area (Å²) in [5.41, 5.74) is 4.26. The Bertz CT molecular complexity index is 940. The van der Waals surface area contributed by atoms with Gasteiger partial charge in [-0.15, -0.1) is 0 Å². The van der Waals surface area contributed by atoms with Crippen LogP contribution in [0.2, 0.25) is 0 Å². The molecule has 112 valence electrons. The first kappa shape index (κ1) is 13.6. The molecule has 23 heavy (non-hydrogen) atoms. The van der Waals surface area contributed by atoms with Crippen molar-refractivity contribution in [2.24, 2.45) is 0 Å². The lowest BCUT2D eigenvalue weighted by molar-refractivity contribution is 0.414. The van der Waals surface area contributed by atoms with Crippen LogP contribution in [0.4, 0.5) is 0 Å². The molecule has 1 heterocycles. The fourth-order valence-corrected chi connectivity index (χ4v) is 2.82. The van der Waals surface area contributed by atoms with Gasteiger partial charge in [0.25, 0.3) is 0 Å². The molecule has 3 nitrogen and oxygen atoms in total. The van der Waals surface area contributed by atoms with Crippen LogP contribution in [-0.4, -0.2) is 16.9 Å². The molecule has 3 aromatic carbocycles. The van der Waals surface area contributed by atoms with Crippen LogP contribution in [-0.2, 0) is 0 Å². The molecule has 1 aromatic heterocycles. The molecule has 0 N–H and O–H groups in total. The molecule has 0 bridgehead atoms. The second-order valence-electron chi connectivity index (χ2n) is 5.34. The summed E-state index contributed by atoms with van der Waals surface area (Å²) in [6.07, 6.45) is 0. The van der Waals surface area contributed by atoms with Gasteiger partial charge in [0.15, 0.2) is 0 Å². The van der Waals surface area contributed by atoms with E-state index >= 15 is 0 Å². The summed E-state index contributed by atoms with van der Waals surface area (Å²) in [6, 6.07) is 26.5. The van der Waals surface area contributed by atoms with Crippen LogP contribution >= 0.6 is 0 Å². The third-order valence-electron chi connectivity index (χ3n) is 3.94. The molecular formula is C20H16N2O. The highest BCUT2D eigenvalue weighted by molar-refractivity contribution is 5.94. The molecule has 3 heteroatoms. The zero-order valence-electron chi connectivity index (χ0n) is 12.8. The van der Waals surface area contributed by atoms with Crippen LogP contribution in [0.15, 0.2) is 78.9 Å². The lowest BCUT2D eigenvalue weighted by atomic mass is 10.1. The Labute approximate surface area is 134 Å². The van der Waals surface area contributed by atoms with Gasteiger partial charge in [-0.1, -0.05) is 48.5 Å².